The number of nitrogens with zero attached hydrogens (tertiary/aromatic N) is 4. The lowest BCUT2D eigenvalue weighted by Gasteiger charge is -2.08. The van der Waals surface area contributed by atoms with Crippen molar-refractivity contribution < 1.29 is 0 Å². The van der Waals surface area contributed by atoms with E-state index < -0.39 is 0 Å². The summed E-state index contributed by atoms with van der Waals surface area (Å²) in [5, 5.41) is 4.21. The van der Waals surface area contributed by atoms with Crippen LogP contribution >= 0.6 is 22.6 Å². The molecule has 90 valence electrons. The van der Waals surface area contributed by atoms with Gasteiger partial charge in [0.25, 0.3) is 0 Å². The molecule has 0 radical (unpaired) electrons. The molecule has 2 N–H and O–H groups in total. The van der Waals surface area contributed by atoms with E-state index in [2.05, 4.69) is 44.6 Å². The maximum atomic E-state index is 5.91. The molecule has 2 aromatic rings. The van der Waals surface area contributed by atoms with Crippen LogP contribution in [0.4, 0.5) is 5.82 Å². The summed E-state index contributed by atoms with van der Waals surface area (Å²) in [6.07, 6.45) is 2.60. The van der Waals surface area contributed by atoms with Gasteiger partial charge in [0.15, 0.2) is 5.82 Å². The SMILES string of the molecule is CCc1nc(-c2ccnn2CC)nc(N)c1I. The molecule has 0 aliphatic carbocycles. The first-order valence-corrected chi connectivity index (χ1v) is 6.59. The smallest absolute Gasteiger partial charge is 0.180 e. The van der Waals surface area contributed by atoms with Crippen LogP contribution in [-0.2, 0) is 13.0 Å². The lowest BCUT2D eigenvalue weighted by Crippen LogP contribution is -2.07. The van der Waals surface area contributed by atoms with Gasteiger partial charge in [-0.3, -0.25) is 4.68 Å². The molecule has 0 saturated carbocycles. The van der Waals surface area contributed by atoms with Crippen LogP contribution in [0, 0.1) is 3.57 Å². The Bertz CT molecular complexity index is 535. The number of anilines is 1. The highest BCUT2D eigenvalue weighted by Crippen LogP contribution is 2.22. The highest BCUT2D eigenvalue weighted by Gasteiger charge is 2.12. The summed E-state index contributed by atoms with van der Waals surface area (Å²) >= 11 is 2.19. The van der Waals surface area contributed by atoms with Gasteiger partial charge in [-0.2, -0.15) is 5.10 Å². The first-order chi connectivity index (χ1) is 8.17. The van der Waals surface area contributed by atoms with E-state index in [-0.39, 0.29) is 0 Å². The van der Waals surface area contributed by atoms with E-state index in [4.69, 9.17) is 5.73 Å². The third kappa shape index (κ3) is 2.26. The Labute approximate surface area is 114 Å². The van der Waals surface area contributed by atoms with Crippen molar-refractivity contribution >= 4 is 28.4 Å². The van der Waals surface area contributed by atoms with Gasteiger partial charge in [-0.1, -0.05) is 6.92 Å². The van der Waals surface area contributed by atoms with Crippen LogP contribution in [0.2, 0.25) is 0 Å². The van der Waals surface area contributed by atoms with Crippen molar-refractivity contribution in [2.24, 2.45) is 0 Å². The predicted molar refractivity (Wildman–Crippen MR) is 75.4 cm³/mol. The molecule has 0 amide bonds. The Morgan fingerprint density at radius 3 is 2.76 bits per heavy atom. The van der Waals surface area contributed by atoms with E-state index in [1.165, 1.54) is 0 Å². The van der Waals surface area contributed by atoms with Gasteiger partial charge in [0, 0.05) is 12.7 Å². The quantitative estimate of drug-likeness (QED) is 0.867. The van der Waals surface area contributed by atoms with Crippen molar-refractivity contribution in [2.75, 3.05) is 5.73 Å². The number of nitrogen functional groups attached to an aromatic ring is 1. The van der Waals surface area contributed by atoms with Gasteiger partial charge in [-0.25, -0.2) is 9.97 Å². The van der Waals surface area contributed by atoms with Crippen molar-refractivity contribution in [3.63, 3.8) is 0 Å². The summed E-state index contributed by atoms with van der Waals surface area (Å²) in [7, 11) is 0. The molecule has 0 saturated heterocycles. The Morgan fingerprint density at radius 1 is 1.35 bits per heavy atom. The Hall–Kier alpha value is -1.18. The fourth-order valence-electron chi connectivity index (χ4n) is 1.64. The number of nitrogens with two attached hydrogens (primary N) is 1. The largest absolute Gasteiger partial charge is 0.383 e. The van der Waals surface area contributed by atoms with Crippen LogP contribution in [0.1, 0.15) is 19.5 Å². The Morgan fingerprint density at radius 2 is 2.12 bits per heavy atom. The van der Waals surface area contributed by atoms with Crippen LogP contribution in [0.3, 0.4) is 0 Å². The lowest BCUT2D eigenvalue weighted by molar-refractivity contribution is 0.663. The number of hydrogen-bond donors (Lipinski definition) is 1. The van der Waals surface area contributed by atoms with Crippen LogP contribution in [-0.4, -0.2) is 19.7 Å². The van der Waals surface area contributed by atoms with Gasteiger partial charge >= 0.3 is 0 Å². The zero-order chi connectivity index (χ0) is 12.4. The number of rotatable bonds is 3. The summed E-state index contributed by atoms with van der Waals surface area (Å²) < 4.78 is 2.80. The lowest BCUT2D eigenvalue weighted by atomic mass is 10.3. The molecule has 0 spiro atoms. The normalized spacial score (nSPS) is 10.8. The maximum absolute atomic E-state index is 5.91. The topological polar surface area (TPSA) is 69.6 Å². The van der Waals surface area contributed by atoms with Gasteiger partial charge in [0.1, 0.15) is 11.5 Å². The molecular weight excluding hydrogens is 329 g/mol. The minimum Gasteiger partial charge on any atom is -0.383 e. The van der Waals surface area contributed by atoms with E-state index in [9.17, 15) is 0 Å². The predicted octanol–water partition coefficient (Wildman–Crippen LogP) is 2.11. The van der Waals surface area contributed by atoms with Crippen LogP contribution in [0.25, 0.3) is 11.5 Å². The average molecular weight is 343 g/mol. The molecule has 0 aliphatic heterocycles. The second-order valence-corrected chi connectivity index (χ2v) is 4.66. The van der Waals surface area contributed by atoms with Gasteiger partial charge in [0.05, 0.1) is 9.26 Å². The molecule has 0 unspecified atom stereocenters. The summed E-state index contributed by atoms with van der Waals surface area (Å²) in [5.41, 5.74) is 7.80. The minimum absolute atomic E-state index is 0.538. The van der Waals surface area contributed by atoms with Crippen LogP contribution < -0.4 is 5.73 Å². The van der Waals surface area contributed by atoms with Crippen molar-refractivity contribution in [1.82, 2.24) is 19.7 Å². The first-order valence-electron chi connectivity index (χ1n) is 5.51. The highest BCUT2D eigenvalue weighted by molar-refractivity contribution is 14.1. The highest BCUT2D eigenvalue weighted by atomic mass is 127. The van der Waals surface area contributed by atoms with Crippen molar-refractivity contribution in [3.05, 3.63) is 21.5 Å². The summed E-state index contributed by atoms with van der Waals surface area (Å²) in [4.78, 5) is 8.87. The van der Waals surface area contributed by atoms with Crippen molar-refractivity contribution in [3.8, 4) is 11.5 Å². The average Bonchev–Trinajstić information content (AvgIpc) is 2.80. The van der Waals surface area contributed by atoms with Gasteiger partial charge < -0.3 is 5.73 Å². The fraction of sp³-hybridized carbons (Fsp3) is 0.364. The Kier molecular flexibility index (Phi) is 3.60. The Balaban J connectivity index is 2.57. The molecule has 2 aromatic heterocycles. The van der Waals surface area contributed by atoms with E-state index >= 15 is 0 Å². The molecule has 0 aromatic carbocycles. The summed E-state index contributed by atoms with van der Waals surface area (Å²) in [5.74, 6) is 1.19. The number of aryl methyl sites for hydroxylation is 2. The summed E-state index contributed by atoms with van der Waals surface area (Å²) in [6, 6.07) is 1.91. The van der Waals surface area contributed by atoms with E-state index in [0.29, 0.717) is 11.6 Å². The molecule has 2 heterocycles. The monoisotopic (exact) mass is 343 g/mol. The molecule has 5 nitrogen and oxygen atoms in total. The third-order valence-corrected chi connectivity index (χ3v) is 3.70. The fourth-order valence-corrected chi connectivity index (χ4v) is 2.26. The van der Waals surface area contributed by atoms with E-state index in [0.717, 1.165) is 27.9 Å². The molecule has 2 rings (SSSR count). The minimum atomic E-state index is 0.538. The first kappa shape index (κ1) is 12.3. The van der Waals surface area contributed by atoms with Gasteiger partial charge in [-0.15, -0.1) is 0 Å². The molecule has 0 atom stereocenters. The molecule has 0 aliphatic rings. The van der Waals surface area contributed by atoms with Gasteiger partial charge in [-0.05, 0) is 42.0 Å². The van der Waals surface area contributed by atoms with Crippen molar-refractivity contribution in [2.45, 2.75) is 26.8 Å². The third-order valence-electron chi connectivity index (χ3n) is 2.53. The number of hydrogen-bond acceptors (Lipinski definition) is 4. The molecule has 6 heteroatoms. The maximum Gasteiger partial charge on any atom is 0.180 e. The second-order valence-electron chi connectivity index (χ2n) is 3.58. The van der Waals surface area contributed by atoms with Crippen LogP contribution in [0.15, 0.2) is 12.3 Å². The number of aromatic nitrogens is 4. The van der Waals surface area contributed by atoms with E-state index in [1.807, 2.05) is 17.7 Å². The summed E-state index contributed by atoms with van der Waals surface area (Å²) in [6.45, 7) is 4.89. The molecular formula is C11H14IN5. The van der Waals surface area contributed by atoms with E-state index in [1.54, 1.807) is 6.20 Å². The molecule has 0 fully saturated rings. The zero-order valence-electron chi connectivity index (χ0n) is 9.81. The molecule has 0 bridgehead atoms. The van der Waals surface area contributed by atoms with Crippen molar-refractivity contribution in [1.29, 1.82) is 0 Å². The molecule has 17 heavy (non-hydrogen) atoms. The zero-order valence-corrected chi connectivity index (χ0v) is 12.0. The second kappa shape index (κ2) is 4.99. The number of halogens is 1. The standard InChI is InChI=1S/C11H14IN5/c1-3-7-9(12)10(13)16-11(15-7)8-5-6-14-17(8)4-2/h5-6H,3-4H2,1-2H3,(H2,13,15,16). The van der Waals surface area contributed by atoms with Crippen LogP contribution in [0.5, 0.6) is 0 Å². The van der Waals surface area contributed by atoms with Gasteiger partial charge in [0.2, 0.25) is 0 Å².